The molecule has 1 atom stereocenters. The second-order valence-electron chi connectivity index (χ2n) is 8.53. The van der Waals surface area contributed by atoms with Crippen LogP contribution < -0.4 is 10.6 Å². The summed E-state index contributed by atoms with van der Waals surface area (Å²) in [7, 11) is 1.98. The minimum absolute atomic E-state index is 0.0408. The molecule has 0 aliphatic carbocycles. The Kier molecular flexibility index (Phi) is 4.90. The first-order chi connectivity index (χ1) is 16.1. The number of nitrogens with one attached hydrogen (secondary N) is 1. The van der Waals surface area contributed by atoms with E-state index in [4.69, 9.17) is 4.98 Å². The van der Waals surface area contributed by atoms with E-state index in [-0.39, 0.29) is 16.6 Å². The highest BCUT2D eigenvalue weighted by atomic mass is 79.9. The van der Waals surface area contributed by atoms with Gasteiger partial charge in [-0.25, -0.2) is 19.7 Å². The summed E-state index contributed by atoms with van der Waals surface area (Å²) < 4.78 is 3.91. The van der Waals surface area contributed by atoms with Crippen LogP contribution in [0.3, 0.4) is 0 Å². The van der Waals surface area contributed by atoms with Crippen LogP contribution in [-0.2, 0) is 7.05 Å². The van der Waals surface area contributed by atoms with Crippen molar-refractivity contribution in [3.8, 4) is 0 Å². The van der Waals surface area contributed by atoms with Gasteiger partial charge in [-0.1, -0.05) is 34.1 Å². The molecule has 0 radical (unpaired) electrons. The standard InChI is InChI=1S/C23H23BrN8O/c1-30-20(14-10-15(24)12-25-11-14)29-19-21(30)26-13-27-22(19)31-8-6-16(7-9-31)32-18-5-3-2-4-17(18)28-23(32)33/h2-5,10-11,13,15-16H,6-9,12H2,1H3,(H,28,33). The van der Waals surface area contributed by atoms with Crippen LogP contribution in [0.2, 0.25) is 0 Å². The molecule has 9 nitrogen and oxygen atoms in total. The maximum atomic E-state index is 12.6. The second-order valence-corrected chi connectivity index (χ2v) is 9.71. The van der Waals surface area contributed by atoms with E-state index >= 15 is 0 Å². The van der Waals surface area contributed by atoms with Crippen molar-refractivity contribution in [2.24, 2.45) is 12.0 Å². The van der Waals surface area contributed by atoms with Crippen LogP contribution in [0.5, 0.6) is 0 Å². The number of H-pyrrole nitrogens is 1. The van der Waals surface area contributed by atoms with Gasteiger partial charge in [0.05, 0.1) is 22.4 Å². The maximum absolute atomic E-state index is 12.6. The number of aromatic nitrogens is 6. The monoisotopic (exact) mass is 506 g/mol. The lowest BCUT2D eigenvalue weighted by atomic mass is 10.0. The Hall–Kier alpha value is -3.27. The molecule has 5 heterocycles. The first-order valence-electron chi connectivity index (χ1n) is 11.1. The summed E-state index contributed by atoms with van der Waals surface area (Å²) in [4.78, 5) is 36.5. The minimum atomic E-state index is -0.0408. The number of nitrogens with zero attached hydrogens (tertiary/aromatic N) is 7. The molecule has 4 aromatic rings. The lowest BCUT2D eigenvalue weighted by Gasteiger charge is -2.33. The molecule has 168 valence electrons. The smallest absolute Gasteiger partial charge is 0.326 e. The van der Waals surface area contributed by atoms with Gasteiger partial charge in [0.1, 0.15) is 12.2 Å². The molecular formula is C23H23BrN8O. The summed E-state index contributed by atoms with van der Waals surface area (Å²) in [5.41, 5.74) is 4.38. The van der Waals surface area contributed by atoms with Crippen LogP contribution in [0.15, 0.2) is 46.5 Å². The average molecular weight is 507 g/mol. The van der Waals surface area contributed by atoms with Crippen molar-refractivity contribution >= 4 is 55.7 Å². The second kappa shape index (κ2) is 7.95. The van der Waals surface area contributed by atoms with E-state index < -0.39 is 0 Å². The van der Waals surface area contributed by atoms with Crippen LogP contribution in [0.1, 0.15) is 24.7 Å². The lowest BCUT2D eigenvalue weighted by molar-refractivity contribution is 0.395. The first kappa shape index (κ1) is 20.3. The number of hydrogen-bond acceptors (Lipinski definition) is 6. The van der Waals surface area contributed by atoms with Crippen LogP contribution in [0.25, 0.3) is 27.8 Å². The van der Waals surface area contributed by atoms with Gasteiger partial charge in [0.25, 0.3) is 0 Å². The number of dihydropyridines is 1. The predicted octanol–water partition coefficient (Wildman–Crippen LogP) is 3.08. The number of aryl methyl sites for hydroxylation is 1. The van der Waals surface area contributed by atoms with E-state index in [2.05, 4.69) is 46.9 Å². The highest BCUT2D eigenvalue weighted by Crippen LogP contribution is 2.31. The Morgan fingerprint density at radius 2 is 1.97 bits per heavy atom. The van der Waals surface area contributed by atoms with Crippen molar-refractivity contribution in [2.45, 2.75) is 23.7 Å². The molecule has 0 amide bonds. The zero-order valence-corrected chi connectivity index (χ0v) is 19.7. The maximum Gasteiger partial charge on any atom is 0.326 e. The molecule has 3 aromatic heterocycles. The van der Waals surface area contributed by atoms with Gasteiger partial charge in [-0.3, -0.25) is 9.56 Å². The SMILES string of the molecule is Cn1c(C2=CC(Br)CN=C2)nc2c(N3CCC(n4c(=O)[nH]c5ccccc54)CC3)ncnc21. The Labute approximate surface area is 198 Å². The number of aromatic amines is 1. The number of allylic oxidation sites excluding steroid dienone is 1. The number of para-hydroxylation sites is 2. The van der Waals surface area contributed by atoms with Gasteiger partial charge in [0, 0.05) is 38.0 Å². The van der Waals surface area contributed by atoms with E-state index in [9.17, 15) is 4.79 Å². The van der Waals surface area contributed by atoms with Gasteiger partial charge in [-0.2, -0.15) is 0 Å². The zero-order chi connectivity index (χ0) is 22.5. The fourth-order valence-electron chi connectivity index (χ4n) is 4.92. The number of piperidine rings is 1. The third-order valence-corrected chi connectivity index (χ3v) is 7.07. The minimum Gasteiger partial charge on any atom is -0.355 e. The molecule has 33 heavy (non-hydrogen) atoms. The molecule has 6 rings (SSSR count). The molecule has 1 saturated heterocycles. The Morgan fingerprint density at radius 3 is 2.79 bits per heavy atom. The summed E-state index contributed by atoms with van der Waals surface area (Å²) in [5, 5.41) is 0. The number of rotatable bonds is 3. The average Bonchev–Trinajstić information content (AvgIpc) is 3.35. The number of halogens is 1. The van der Waals surface area contributed by atoms with Crippen LogP contribution in [-0.4, -0.2) is 59.7 Å². The molecule has 10 heteroatoms. The number of hydrogen-bond donors (Lipinski definition) is 1. The Bertz CT molecular complexity index is 1470. The van der Waals surface area contributed by atoms with Crippen LogP contribution in [0.4, 0.5) is 5.82 Å². The molecule has 1 aromatic carbocycles. The number of fused-ring (bicyclic) bond motifs is 2. The highest BCUT2D eigenvalue weighted by molar-refractivity contribution is 9.09. The predicted molar refractivity (Wildman–Crippen MR) is 133 cm³/mol. The van der Waals surface area contributed by atoms with Gasteiger partial charge in [0.15, 0.2) is 17.0 Å². The van der Waals surface area contributed by atoms with Crippen molar-refractivity contribution in [1.29, 1.82) is 0 Å². The molecule has 0 spiro atoms. The van der Waals surface area contributed by atoms with Gasteiger partial charge < -0.3 is 14.5 Å². The highest BCUT2D eigenvalue weighted by Gasteiger charge is 2.27. The normalized spacial score (nSPS) is 19.5. The molecule has 1 N–H and O–H groups in total. The van der Waals surface area contributed by atoms with Gasteiger partial charge >= 0.3 is 5.69 Å². The first-order valence-corrected chi connectivity index (χ1v) is 12.0. The third-order valence-electron chi connectivity index (χ3n) is 6.52. The van der Waals surface area contributed by atoms with Crippen LogP contribution in [0, 0.1) is 0 Å². The quantitative estimate of drug-likeness (QED) is 0.430. The molecule has 0 saturated carbocycles. The molecular weight excluding hydrogens is 484 g/mol. The van der Waals surface area contributed by atoms with E-state index in [1.54, 1.807) is 6.33 Å². The summed E-state index contributed by atoms with van der Waals surface area (Å²) in [6, 6.07) is 8.02. The molecule has 2 aliphatic rings. The van der Waals surface area contributed by atoms with Gasteiger partial charge in [-0.05, 0) is 25.0 Å². The van der Waals surface area contributed by atoms with E-state index in [0.29, 0.717) is 0 Å². The fraction of sp³-hybridized carbons (Fsp3) is 0.348. The van der Waals surface area contributed by atoms with E-state index in [1.165, 1.54) is 0 Å². The van der Waals surface area contributed by atoms with Gasteiger partial charge in [0.2, 0.25) is 0 Å². The summed E-state index contributed by atoms with van der Waals surface area (Å²) >= 11 is 3.62. The summed E-state index contributed by atoms with van der Waals surface area (Å²) in [5.74, 6) is 1.68. The van der Waals surface area contributed by atoms with Crippen molar-refractivity contribution in [3.05, 3.63) is 53.0 Å². The summed E-state index contributed by atoms with van der Waals surface area (Å²) in [6.45, 7) is 2.32. The zero-order valence-electron chi connectivity index (χ0n) is 18.1. The molecule has 1 unspecified atom stereocenters. The number of benzene rings is 1. The Balaban J connectivity index is 1.30. The number of anilines is 1. The van der Waals surface area contributed by atoms with E-state index in [1.807, 2.05) is 46.7 Å². The molecule has 2 aliphatic heterocycles. The molecule has 1 fully saturated rings. The van der Waals surface area contributed by atoms with Crippen molar-refractivity contribution in [3.63, 3.8) is 0 Å². The van der Waals surface area contributed by atoms with Crippen LogP contribution >= 0.6 is 15.9 Å². The third kappa shape index (κ3) is 3.40. The largest absolute Gasteiger partial charge is 0.355 e. The molecule has 0 bridgehead atoms. The van der Waals surface area contributed by atoms with Gasteiger partial charge in [-0.15, -0.1) is 0 Å². The Morgan fingerprint density at radius 1 is 1.15 bits per heavy atom. The van der Waals surface area contributed by atoms with Crippen molar-refractivity contribution < 1.29 is 0 Å². The topological polar surface area (TPSA) is 97.0 Å². The lowest BCUT2D eigenvalue weighted by Crippen LogP contribution is -2.37. The van der Waals surface area contributed by atoms with Crippen molar-refractivity contribution in [1.82, 2.24) is 29.1 Å². The number of aliphatic imine (C=N–C) groups is 1. The number of alkyl halides is 1. The van der Waals surface area contributed by atoms with Crippen molar-refractivity contribution in [2.75, 3.05) is 24.5 Å². The van der Waals surface area contributed by atoms with E-state index in [0.717, 1.165) is 71.9 Å². The summed E-state index contributed by atoms with van der Waals surface area (Å²) in [6.07, 6.45) is 7.32. The number of imidazole rings is 2. The fourth-order valence-corrected chi connectivity index (χ4v) is 5.38.